The second kappa shape index (κ2) is 8.13. The van der Waals surface area contributed by atoms with E-state index in [0.717, 1.165) is 13.1 Å². The number of aryl methyl sites for hydroxylation is 1. The molecule has 1 aromatic rings. The third kappa shape index (κ3) is 4.68. The Hall–Kier alpha value is -0.620. The van der Waals surface area contributed by atoms with Gasteiger partial charge in [-0.25, -0.2) is 8.78 Å². The first kappa shape index (κ1) is 18.4. The summed E-state index contributed by atoms with van der Waals surface area (Å²) < 4.78 is 25.8. The number of phenolic OH excluding ortho intramolecular Hbond substituents is 1. The number of aromatic hydroxyl groups is 1. The predicted octanol–water partition coefficient (Wildman–Crippen LogP) is 3.38. The maximum Gasteiger partial charge on any atom is 0.240 e. The average molecular weight is 341 g/mol. The molecule has 7 heteroatoms. The Kier molecular flexibility index (Phi) is 7.13. The quantitative estimate of drug-likeness (QED) is 0.881. The largest absolute Gasteiger partial charge is 0.507 e. The summed E-state index contributed by atoms with van der Waals surface area (Å²) in [5.74, 6) is 0.0681. The van der Waals surface area contributed by atoms with Crippen molar-refractivity contribution in [3.8, 4) is 5.75 Å². The molecule has 0 radical (unpaired) electrons. The summed E-state index contributed by atoms with van der Waals surface area (Å²) in [4.78, 5) is 1.98. The van der Waals surface area contributed by atoms with Crippen molar-refractivity contribution in [3.63, 3.8) is 0 Å². The molecule has 0 amide bonds. The van der Waals surface area contributed by atoms with Gasteiger partial charge in [0.2, 0.25) is 6.43 Å². The van der Waals surface area contributed by atoms with Gasteiger partial charge < -0.3 is 10.4 Å². The van der Waals surface area contributed by atoms with Crippen molar-refractivity contribution in [2.45, 2.75) is 25.8 Å². The molecule has 0 spiro atoms. The highest BCUT2D eigenvalue weighted by atomic mass is 35.5. The molecule has 0 saturated carbocycles. The number of benzene rings is 1. The van der Waals surface area contributed by atoms with Crippen LogP contribution < -0.4 is 5.32 Å². The van der Waals surface area contributed by atoms with Crippen LogP contribution in [0, 0.1) is 6.92 Å². The molecule has 0 aromatic heterocycles. The second-order valence-electron chi connectivity index (χ2n) is 5.09. The Morgan fingerprint density at radius 3 is 2.52 bits per heavy atom. The molecular formula is C14H20Cl2F2N2O. The fourth-order valence-electron chi connectivity index (χ4n) is 2.65. The molecule has 1 aliphatic rings. The van der Waals surface area contributed by atoms with Crippen LogP contribution in [0.4, 0.5) is 8.78 Å². The van der Waals surface area contributed by atoms with Crippen molar-refractivity contribution in [1.29, 1.82) is 0 Å². The molecule has 1 atom stereocenters. The van der Waals surface area contributed by atoms with Crippen LogP contribution in [0.25, 0.3) is 0 Å². The minimum Gasteiger partial charge on any atom is -0.507 e. The summed E-state index contributed by atoms with van der Waals surface area (Å²) in [6.45, 7) is 4.62. The summed E-state index contributed by atoms with van der Waals surface area (Å²) in [7, 11) is 0. The highest BCUT2D eigenvalue weighted by Gasteiger charge is 2.28. The number of phenols is 1. The number of hydrogen-bond acceptors (Lipinski definition) is 3. The Labute approximate surface area is 134 Å². The second-order valence-corrected chi connectivity index (χ2v) is 5.53. The molecule has 1 fully saturated rings. The molecule has 2 rings (SSSR count). The van der Waals surface area contributed by atoms with Gasteiger partial charge in [0.15, 0.2) is 0 Å². The van der Waals surface area contributed by atoms with Crippen LogP contribution in [0.3, 0.4) is 0 Å². The number of rotatable bonds is 4. The molecule has 1 aliphatic heterocycles. The predicted molar refractivity (Wildman–Crippen MR) is 82.9 cm³/mol. The minimum atomic E-state index is -2.42. The monoisotopic (exact) mass is 340 g/mol. The Morgan fingerprint density at radius 1 is 1.33 bits per heavy atom. The number of nitrogens with one attached hydrogen (secondary N) is 1. The van der Waals surface area contributed by atoms with Gasteiger partial charge in [-0.3, -0.25) is 4.90 Å². The molecule has 3 nitrogen and oxygen atoms in total. The van der Waals surface area contributed by atoms with E-state index in [4.69, 9.17) is 11.6 Å². The van der Waals surface area contributed by atoms with Crippen LogP contribution in [0.5, 0.6) is 5.75 Å². The lowest BCUT2D eigenvalue weighted by Gasteiger charge is -2.35. The van der Waals surface area contributed by atoms with Crippen molar-refractivity contribution in [1.82, 2.24) is 10.2 Å². The van der Waals surface area contributed by atoms with Crippen LogP contribution in [0.2, 0.25) is 5.02 Å². The van der Waals surface area contributed by atoms with Crippen LogP contribution >= 0.6 is 24.0 Å². The van der Waals surface area contributed by atoms with Crippen LogP contribution in [-0.4, -0.2) is 42.6 Å². The van der Waals surface area contributed by atoms with E-state index in [2.05, 4.69) is 5.32 Å². The first-order valence-corrected chi connectivity index (χ1v) is 7.08. The van der Waals surface area contributed by atoms with Crippen molar-refractivity contribution < 1.29 is 13.9 Å². The number of hydrogen-bond donors (Lipinski definition) is 2. The Morgan fingerprint density at radius 2 is 1.95 bits per heavy atom. The maximum atomic E-state index is 12.9. The van der Waals surface area contributed by atoms with Gasteiger partial charge in [0.05, 0.1) is 0 Å². The Balaban J connectivity index is 0.00000220. The molecule has 2 N–H and O–H groups in total. The molecule has 120 valence electrons. The highest BCUT2D eigenvalue weighted by molar-refractivity contribution is 6.30. The fourth-order valence-corrected chi connectivity index (χ4v) is 2.93. The van der Waals surface area contributed by atoms with Gasteiger partial charge in [0.25, 0.3) is 0 Å². The molecule has 1 heterocycles. The summed E-state index contributed by atoms with van der Waals surface area (Å²) in [6.07, 6.45) is -2.72. The number of piperazine rings is 1. The van der Waals surface area contributed by atoms with Gasteiger partial charge >= 0.3 is 0 Å². The first-order valence-electron chi connectivity index (χ1n) is 6.71. The van der Waals surface area contributed by atoms with Crippen molar-refractivity contribution in [2.24, 2.45) is 0 Å². The van der Waals surface area contributed by atoms with Crippen molar-refractivity contribution >= 4 is 24.0 Å². The van der Waals surface area contributed by atoms with E-state index in [1.165, 1.54) is 0 Å². The van der Waals surface area contributed by atoms with E-state index in [1.807, 2.05) is 4.90 Å². The summed E-state index contributed by atoms with van der Waals surface area (Å²) in [6, 6.07) is 2.73. The fraction of sp³-hybridized carbons (Fsp3) is 0.571. The zero-order valence-electron chi connectivity index (χ0n) is 11.8. The summed E-state index contributed by atoms with van der Waals surface area (Å²) in [5.41, 5.74) is 1.11. The Bertz CT molecular complexity index is 469. The molecule has 1 aromatic carbocycles. The third-order valence-electron chi connectivity index (χ3n) is 3.65. The lowest BCUT2D eigenvalue weighted by Crippen LogP contribution is -2.45. The summed E-state index contributed by atoms with van der Waals surface area (Å²) in [5, 5.41) is 13.8. The zero-order valence-corrected chi connectivity index (χ0v) is 13.4. The number of alkyl halides is 2. The van der Waals surface area contributed by atoms with Gasteiger partial charge in [0, 0.05) is 49.2 Å². The van der Waals surface area contributed by atoms with Crippen LogP contribution in [0.1, 0.15) is 23.6 Å². The lowest BCUT2D eigenvalue weighted by molar-refractivity contribution is 0.0729. The van der Waals surface area contributed by atoms with Gasteiger partial charge in [-0.1, -0.05) is 11.6 Å². The average Bonchev–Trinajstić information content (AvgIpc) is 2.41. The zero-order chi connectivity index (χ0) is 14.7. The molecule has 0 unspecified atom stereocenters. The van der Waals surface area contributed by atoms with Crippen molar-refractivity contribution in [2.75, 3.05) is 26.2 Å². The van der Waals surface area contributed by atoms with E-state index in [0.29, 0.717) is 29.2 Å². The van der Waals surface area contributed by atoms with E-state index in [1.54, 1.807) is 19.1 Å². The van der Waals surface area contributed by atoms with Crippen LogP contribution in [0.15, 0.2) is 12.1 Å². The lowest BCUT2D eigenvalue weighted by atomic mass is 9.98. The maximum absolute atomic E-state index is 12.9. The minimum absolute atomic E-state index is 0. The number of nitrogens with zero attached hydrogens (tertiary/aromatic N) is 1. The molecular weight excluding hydrogens is 321 g/mol. The van der Waals surface area contributed by atoms with E-state index < -0.39 is 12.5 Å². The molecule has 0 aliphatic carbocycles. The van der Waals surface area contributed by atoms with Crippen molar-refractivity contribution in [3.05, 3.63) is 28.3 Å². The standard InChI is InChI=1S/C14H19ClF2N2O.ClH/c1-9-6-10(15)7-11(14(9)20)12(8-13(16)17)19-4-2-18-3-5-19;/h6-7,12-13,18,20H,2-5,8H2,1H3;1H/t12-;/m0./s1. The van der Waals surface area contributed by atoms with E-state index in [-0.39, 0.29) is 24.6 Å². The highest BCUT2D eigenvalue weighted by Crippen LogP contribution is 2.37. The first-order chi connectivity index (χ1) is 9.49. The molecule has 21 heavy (non-hydrogen) atoms. The van der Waals surface area contributed by atoms with E-state index in [9.17, 15) is 13.9 Å². The molecule has 0 bridgehead atoms. The normalized spacial score (nSPS) is 17.6. The number of halogens is 4. The third-order valence-corrected chi connectivity index (χ3v) is 3.87. The van der Waals surface area contributed by atoms with Crippen LogP contribution in [-0.2, 0) is 0 Å². The van der Waals surface area contributed by atoms with Gasteiger partial charge in [-0.2, -0.15) is 0 Å². The summed E-state index contributed by atoms with van der Waals surface area (Å²) >= 11 is 6.01. The smallest absolute Gasteiger partial charge is 0.240 e. The van der Waals surface area contributed by atoms with Gasteiger partial charge in [-0.15, -0.1) is 12.4 Å². The van der Waals surface area contributed by atoms with Gasteiger partial charge in [-0.05, 0) is 24.6 Å². The van der Waals surface area contributed by atoms with E-state index >= 15 is 0 Å². The SMILES string of the molecule is Cc1cc(Cl)cc([C@H](CC(F)F)N2CCNCC2)c1O.Cl. The van der Waals surface area contributed by atoms with Gasteiger partial charge in [0.1, 0.15) is 5.75 Å². The molecule has 1 saturated heterocycles. The topological polar surface area (TPSA) is 35.5 Å².